The van der Waals surface area contributed by atoms with Crippen molar-refractivity contribution in [1.82, 2.24) is 0 Å². The first kappa shape index (κ1) is 13.5. The molecule has 2 aromatic rings. The predicted octanol–water partition coefficient (Wildman–Crippen LogP) is 3.66. The highest BCUT2D eigenvalue weighted by Crippen LogP contribution is 2.14. The van der Waals surface area contributed by atoms with Gasteiger partial charge in [-0.15, -0.1) is 11.3 Å². The quantitative estimate of drug-likeness (QED) is 0.845. The summed E-state index contributed by atoms with van der Waals surface area (Å²) in [6, 6.07) is 11.2. The summed E-state index contributed by atoms with van der Waals surface area (Å²) in [6.07, 6.45) is 0.461. The fourth-order valence-electron chi connectivity index (χ4n) is 1.73. The van der Waals surface area contributed by atoms with Gasteiger partial charge in [-0.05, 0) is 36.1 Å². The molecule has 4 heteroatoms. The average Bonchev–Trinajstić information content (AvgIpc) is 2.90. The number of hydrogen-bond acceptors (Lipinski definition) is 3. The number of rotatable bonds is 5. The second kappa shape index (κ2) is 6.29. The minimum absolute atomic E-state index is 0.0226. The molecule has 0 unspecified atom stereocenters. The molecular formula is C15H15NO2S. The Labute approximate surface area is 116 Å². The number of Topliss-reactive ketones (excluding diaryl/α,β-unsaturated/α-hetero) is 1. The van der Waals surface area contributed by atoms with Gasteiger partial charge < -0.3 is 5.32 Å². The number of ketones is 1. The zero-order chi connectivity index (χ0) is 13.7. The van der Waals surface area contributed by atoms with Crippen LogP contribution in [0.2, 0.25) is 0 Å². The lowest BCUT2D eigenvalue weighted by Crippen LogP contribution is -2.13. The van der Waals surface area contributed by atoms with Crippen LogP contribution in [-0.2, 0) is 4.79 Å². The molecule has 1 N–H and O–H groups in total. The van der Waals surface area contributed by atoms with Gasteiger partial charge in [0.1, 0.15) is 0 Å². The van der Waals surface area contributed by atoms with Crippen LogP contribution in [0, 0.1) is 6.92 Å². The van der Waals surface area contributed by atoms with Gasteiger partial charge in [-0.1, -0.05) is 18.2 Å². The van der Waals surface area contributed by atoms with Crippen LogP contribution < -0.4 is 5.32 Å². The summed E-state index contributed by atoms with van der Waals surface area (Å²) in [6.45, 7) is 1.97. The second-order valence-electron chi connectivity index (χ2n) is 4.32. The Kier molecular flexibility index (Phi) is 4.47. The largest absolute Gasteiger partial charge is 0.326 e. The van der Waals surface area contributed by atoms with Gasteiger partial charge in [0.25, 0.3) is 0 Å². The van der Waals surface area contributed by atoms with Crippen molar-refractivity contribution in [2.24, 2.45) is 0 Å². The summed E-state index contributed by atoms with van der Waals surface area (Å²) in [4.78, 5) is 24.2. The SMILES string of the molecule is Cc1cccc(NC(=O)CCC(=O)c2cccs2)c1. The molecule has 0 atom stereocenters. The molecule has 98 valence electrons. The molecule has 0 aliphatic rings. The lowest BCUT2D eigenvalue weighted by molar-refractivity contribution is -0.116. The van der Waals surface area contributed by atoms with E-state index in [0.717, 1.165) is 11.3 Å². The van der Waals surface area contributed by atoms with Crippen molar-refractivity contribution in [3.05, 3.63) is 52.2 Å². The van der Waals surface area contributed by atoms with Crippen LogP contribution in [0.15, 0.2) is 41.8 Å². The van der Waals surface area contributed by atoms with Crippen LogP contribution in [0.4, 0.5) is 5.69 Å². The van der Waals surface area contributed by atoms with E-state index in [9.17, 15) is 9.59 Å². The van der Waals surface area contributed by atoms with Gasteiger partial charge >= 0.3 is 0 Å². The molecule has 2 rings (SSSR count). The van der Waals surface area contributed by atoms with E-state index in [1.165, 1.54) is 11.3 Å². The summed E-state index contributed by atoms with van der Waals surface area (Å²) in [5.41, 5.74) is 1.86. The van der Waals surface area contributed by atoms with Gasteiger partial charge in [0.05, 0.1) is 4.88 Å². The molecule has 0 aliphatic carbocycles. The van der Waals surface area contributed by atoms with Gasteiger partial charge in [-0.3, -0.25) is 9.59 Å². The van der Waals surface area contributed by atoms with E-state index in [4.69, 9.17) is 0 Å². The van der Waals surface area contributed by atoms with Crippen LogP contribution >= 0.6 is 11.3 Å². The Hall–Kier alpha value is -1.94. The van der Waals surface area contributed by atoms with Crippen molar-refractivity contribution in [1.29, 1.82) is 0 Å². The third-order valence-electron chi connectivity index (χ3n) is 2.68. The van der Waals surface area contributed by atoms with Crippen molar-refractivity contribution in [2.45, 2.75) is 19.8 Å². The summed E-state index contributed by atoms with van der Waals surface area (Å²) in [5, 5.41) is 4.66. The number of nitrogens with one attached hydrogen (secondary N) is 1. The summed E-state index contributed by atoms with van der Waals surface area (Å²) in [5.74, 6) is -0.107. The molecule has 1 aromatic heterocycles. The first-order chi connectivity index (χ1) is 9.15. The number of amides is 1. The summed E-state index contributed by atoms with van der Waals surface area (Å²) in [7, 11) is 0. The fraction of sp³-hybridized carbons (Fsp3) is 0.200. The average molecular weight is 273 g/mol. The topological polar surface area (TPSA) is 46.2 Å². The first-order valence-electron chi connectivity index (χ1n) is 6.08. The molecule has 0 aliphatic heterocycles. The van der Waals surface area contributed by atoms with Gasteiger partial charge in [-0.2, -0.15) is 0 Å². The van der Waals surface area contributed by atoms with Crippen LogP contribution in [0.5, 0.6) is 0 Å². The maximum atomic E-state index is 11.7. The lowest BCUT2D eigenvalue weighted by Gasteiger charge is -2.05. The van der Waals surface area contributed by atoms with E-state index in [-0.39, 0.29) is 24.5 Å². The zero-order valence-corrected chi connectivity index (χ0v) is 11.5. The number of aryl methyl sites for hydroxylation is 1. The molecule has 1 amide bonds. The molecule has 0 fully saturated rings. The third kappa shape index (κ3) is 4.03. The normalized spacial score (nSPS) is 10.2. The van der Waals surface area contributed by atoms with E-state index in [1.807, 2.05) is 42.6 Å². The van der Waals surface area contributed by atoms with Crippen LogP contribution in [-0.4, -0.2) is 11.7 Å². The smallest absolute Gasteiger partial charge is 0.224 e. The number of carbonyl (C=O) groups excluding carboxylic acids is 2. The Morgan fingerprint density at radius 3 is 2.68 bits per heavy atom. The van der Waals surface area contributed by atoms with E-state index in [2.05, 4.69) is 5.32 Å². The van der Waals surface area contributed by atoms with Crippen molar-refractivity contribution < 1.29 is 9.59 Å². The van der Waals surface area contributed by atoms with Gasteiger partial charge in [0.2, 0.25) is 5.91 Å². The van der Waals surface area contributed by atoms with E-state index in [0.29, 0.717) is 4.88 Å². The third-order valence-corrected chi connectivity index (χ3v) is 3.59. The Morgan fingerprint density at radius 2 is 2.00 bits per heavy atom. The highest BCUT2D eigenvalue weighted by molar-refractivity contribution is 7.12. The van der Waals surface area contributed by atoms with E-state index < -0.39 is 0 Å². The number of thiophene rings is 1. The maximum Gasteiger partial charge on any atom is 0.224 e. The van der Waals surface area contributed by atoms with Crippen molar-refractivity contribution in [3.63, 3.8) is 0 Å². The van der Waals surface area contributed by atoms with Gasteiger partial charge in [0, 0.05) is 18.5 Å². The van der Waals surface area contributed by atoms with Crippen molar-refractivity contribution in [2.75, 3.05) is 5.32 Å². The molecule has 19 heavy (non-hydrogen) atoms. The highest BCUT2D eigenvalue weighted by Gasteiger charge is 2.10. The van der Waals surface area contributed by atoms with Crippen molar-refractivity contribution >= 4 is 28.7 Å². The van der Waals surface area contributed by atoms with Gasteiger partial charge in [-0.25, -0.2) is 0 Å². The molecular weight excluding hydrogens is 258 g/mol. The molecule has 1 aromatic carbocycles. The van der Waals surface area contributed by atoms with Crippen molar-refractivity contribution in [3.8, 4) is 0 Å². The summed E-state index contributed by atoms with van der Waals surface area (Å²) >= 11 is 1.41. The molecule has 1 heterocycles. The number of hydrogen-bond donors (Lipinski definition) is 1. The Morgan fingerprint density at radius 1 is 1.16 bits per heavy atom. The zero-order valence-electron chi connectivity index (χ0n) is 10.7. The Balaban J connectivity index is 1.83. The number of benzene rings is 1. The lowest BCUT2D eigenvalue weighted by atomic mass is 10.1. The second-order valence-corrected chi connectivity index (χ2v) is 5.27. The predicted molar refractivity (Wildman–Crippen MR) is 77.7 cm³/mol. The molecule has 0 saturated heterocycles. The molecule has 0 bridgehead atoms. The summed E-state index contributed by atoms with van der Waals surface area (Å²) < 4.78 is 0. The Bertz CT molecular complexity index is 576. The van der Waals surface area contributed by atoms with Crippen LogP contribution in [0.3, 0.4) is 0 Å². The van der Waals surface area contributed by atoms with Crippen LogP contribution in [0.1, 0.15) is 28.1 Å². The fourth-order valence-corrected chi connectivity index (χ4v) is 2.43. The minimum atomic E-state index is -0.129. The van der Waals surface area contributed by atoms with Crippen LogP contribution in [0.25, 0.3) is 0 Å². The minimum Gasteiger partial charge on any atom is -0.326 e. The standard InChI is InChI=1S/C15H15NO2S/c1-11-4-2-5-12(10-11)16-15(18)8-7-13(17)14-6-3-9-19-14/h2-6,9-10H,7-8H2,1H3,(H,16,18). The monoisotopic (exact) mass is 273 g/mol. The molecule has 0 radical (unpaired) electrons. The van der Waals surface area contributed by atoms with E-state index in [1.54, 1.807) is 6.07 Å². The molecule has 0 spiro atoms. The first-order valence-corrected chi connectivity index (χ1v) is 6.96. The molecule has 0 saturated carbocycles. The van der Waals surface area contributed by atoms with E-state index >= 15 is 0 Å². The van der Waals surface area contributed by atoms with Gasteiger partial charge in [0.15, 0.2) is 5.78 Å². The number of anilines is 1. The highest BCUT2D eigenvalue weighted by atomic mass is 32.1. The maximum absolute atomic E-state index is 11.7. The molecule has 3 nitrogen and oxygen atoms in total. The number of carbonyl (C=O) groups is 2.